The highest BCUT2D eigenvalue weighted by molar-refractivity contribution is 5.73. The Kier molecular flexibility index (Phi) is 7.63. The van der Waals surface area contributed by atoms with Crippen molar-refractivity contribution >= 4 is 17.6 Å². The van der Waals surface area contributed by atoms with Crippen LogP contribution in [0.25, 0.3) is 0 Å². The van der Waals surface area contributed by atoms with Gasteiger partial charge in [-0.25, -0.2) is 0 Å². The summed E-state index contributed by atoms with van der Waals surface area (Å²) >= 11 is 0. The lowest BCUT2D eigenvalue weighted by Gasteiger charge is -2.26. The van der Waals surface area contributed by atoms with Gasteiger partial charge in [-0.2, -0.15) is 0 Å². The number of rotatable bonds is 10. The highest BCUT2D eigenvalue weighted by Crippen LogP contribution is 2.17. The molecule has 0 heterocycles. The molecule has 2 N–H and O–H groups in total. The third kappa shape index (κ3) is 6.61. The molecule has 0 radical (unpaired) electrons. The van der Waals surface area contributed by atoms with Crippen molar-refractivity contribution in [2.24, 2.45) is 0 Å². The average Bonchev–Trinajstić information content (AvgIpc) is 2.52. The van der Waals surface area contributed by atoms with E-state index < -0.39 is 16.9 Å². The van der Waals surface area contributed by atoms with Crippen LogP contribution in [0, 0.1) is 10.1 Å². The second-order valence-electron chi connectivity index (χ2n) is 5.13. The number of carbonyl (C=O) groups is 2. The number of non-ortho nitro benzene ring substituents is 1. The molecule has 0 aliphatic carbocycles. The van der Waals surface area contributed by atoms with Crippen LogP contribution < -0.4 is 10.1 Å². The van der Waals surface area contributed by atoms with Gasteiger partial charge in [0.05, 0.1) is 4.92 Å². The van der Waals surface area contributed by atoms with Crippen molar-refractivity contribution in [1.29, 1.82) is 0 Å². The molecule has 1 amide bonds. The average molecular weight is 339 g/mol. The molecule has 132 valence electrons. The van der Waals surface area contributed by atoms with Gasteiger partial charge in [-0.05, 0) is 19.1 Å². The first-order valence-corrected chi connectivity index (χ1v) is 7.40. The van der Waals surface area contributed by atoms with Gasteiger partial charge in [-0.1, -0.05) is 0 Å². The van der Waals surface area contributed by atoms with Crippen molar-refractivity contribution in [2.75, 3.05) is 26.2 Å². The fourth-order valence-electron chi connectivity index (χ4n) is 1.98. The first-order valence-electron chi connectivity index (χ1n) is 7.40. The summed E-state index contributed by atoms with van der Waals surface area (Å²) in [6.07, 6.45) is 0. The monoisotopic (exact) mass is 339 g/mol. The molecule has 0 fully saturated rings. The van der Waals surface area contributed by atoms with Crippen molar-refractivity contribution in [3.8, 4) is 5.75 Å². The molecule has 24 heavy (non-hydrogen) atoms. The topological polar surface area (TPSA) is 122 Å². The van der Waals surface area contributed by atoms with Gasteiger partial charge in [-0.3, -0.25) is 24.6 Å². The molecule has 0 saturated carbocycles. The summed E-state index contributed by atoms with van der Waals surface area (Å²) in [5, 5.41) is 22.3. The fourth-order valence-corrected chi connectivity index (χ4v) is 1.98. The Labute approximate surface area is 139 Å². The molecule has 9 heteroatoms. The number of nitrogens with zero attached hydrogens (tertiary/aromatic N) is 2. The predicted molar refractivity (Wildman–Crippen MR) is 85.9 cm³/mol. The van der Waals surface area contributed by atoms with E-state index in [1.165, 1.54) is 31.2 Å². The lowest BCUT2D eigenvalue weighted by molar-refractivity contribution is -0.384. The number of carboxylic acids is 1. The molecule has 0 aliphatic rings. The first-order chi connectivity index (χ1) is 11.3. The molecule has 9 nitrogen and oxygen atoms in total. The fraction of sp³-hybridized carbons (Fsp3) is 0.467. The summed E-state index contributed by atoms with van der Waals surface area (Å²) in [5.74, 6) is -0.682. The van der Waals surface area contributed by atoms with E-state index in [0.717, 1.165) is 0 Å². The second kappa shape index (κ2) is 9.46. The minimum absolute atomic E-state index is 0.0289. The molecule has 0 bridgehead atoms. The Bertz CT molecular complexity index is 575. The van der Waals surface area contributed by atoms with Crippen LogP contribution in [0.3, 0.4) is 0 Å². The van der Waals surface area contributed by atoms with Crippen LogP contribution >= 0.6 is 0 Å². The zero-order chi connectivity index (χ0) is 18.1. The molecule has 1 aromatic rings. The second-order valence-corrected chi connectivity index (χ2v) is 5.13. The van der Waals surface area contributed by atoms with Crippen molar-refractivity contribution in [3.05, 3.63) is 34.4 Å². The summed E-state index contributed by atoms with van der Waals surface area (Å²) in [5.41, 5.74) is -0.0289. The van der Waals surface area contributed by atoms with Crippen LogP contribution in [-0.2, 0) is 9.59 Å². The third-order valence-electron chi connectivity index (χ3n) is 3.37. The lowest BCUT2D eigenvalue weighted by atomic mass is 10.2. The van der Waals surface area contributed by atoms with E-state index in [0.29, 0.717) is 25.4 Å². The van der Waals surface area contributed by atoms with E-state index in [2.05, 4.69) is 5.32 Å². The maximum Gasteiger partial charge on any atom is 0.320 e. The van der Waals surface area contributed by atoms with Crippen LogP contribution in [0.1, 0.15) is 13.8 Å². The van der Waals surface area contributed by atoms with Gasteiger partial charge in [-0.15, -0.1) is 0 Å². The van der Waals surface area contributed by atoms with E-state index in [4.69, 9.17) is 9.84 Å². The normalized spacial score (nSPS) is 11.8. The number of hydrogen-bond donors (Lipinski definition) is 2. The highest BCUT2D eigenvalue weighted by Gasteiger charge is 2.20. The molecule has 0 spiro atoms. The van der Waals surface area contributed by atoms with E-state index in [1.54, 1.807) is 11.8 Å². The summed E-state index contributed by atoms with van der Waals surface area (Å²) in [4.78, 5) is 33.8. The Balaban J connectivity index is 2.52. The molecule has 1 rings (SSSR count). The number of nitro groups is 1. The van der Waals surface area contributed by atoms with Gasteiger partial charge in [0.2, 0.25) is 5.91 Å². The van der Waals surface area contributed by atoms with Gasteiger partial charge in [0.15, 0.2) is 0 Å². The van der Waals surface area contributed by atoms with E-state index >= 15 is 0 Å². The maximum atomic E-state index is 11.1. The smallest absolute Gasteiger partial charge is 0.320 e. The minimum atomic E-state index is -0.965. The Morgan fingerprint density at radius 1 is 1.33 bits per heavy atom. The van der Waals surface area contributed by atoms with Gasteiger partial charge >= 0.3 is 5.97 Å². The van der Waals surface area contributed by atoms with Crippen molar-refractivity contribution < 1.29 is 24.4 Å². The van der Waals surface area contributed by atoms with Crippen LogP contribution in [0.4, 0.5) is 5.69 Å². The molecular weight excluding hydrogens is 318 g/mol. The summed E-state index contributed by atoms with van der Waals surface area (Å²) in [7, 11) is 0. The zero-order valence-electron chi connectivity index (χ0n) is 13.6. The van der Waals surface area contributed by atoms with Gasteiger partial charge in [0.1, 0.15) is 18.4 Å². The van der Waals surface area contributed by atoms with Gasteiger partial charge in [0.25, 0.3) is 5.69 Å². The van der Waals surface area contributed by atoms with E-state index in [9.17, 15) is 19.7 Å². The van der Waals surface area contributed by atoms with Crippen molar-refractivity contribution in [2.45, 2.75) is 19.9 Å². The van der Waals surface area contributed by atoms with Crippen LogP contribution in [0.15, 0.2) is 24.3 Å². The van der Waals surface area contributed by atoms with E-state index in [1.807, 2.05) is 0 Å². The predicted octanol–water partition coefficient (Wildman–Crippen LogP) is 0.885. The molecule has 1 atom stereocenters. The number of carbonyl (C=O) groups excluding carboxylic acids is 1. The highest BCUT2D eigenvalue weighted by atomic mass is 16.6. The molecular formula is C15H21N3O6. The van der Waals surface area contributed by atoms with Gasteiger partial charge < -0.3 is 15.2 Å². The Morgan fingerprint density at radius 3 is 2.46 bits per heavy atom. The van der Waals surface area contributed by atoms with Crippen LogP contribution in [-0.4, -0.2) is 59.1 Å². The maximum absolute atomic E-state index is 11.1. The Morgan fingerprint density at radius 2 is 1.96 bits per heavy atom. The van der Waals surface area contributed by atoms with E-state index in [-0.39, 0.29) is 18.2 Å². The molecule has 0 aromatic heterocycles. The number of carboxylic acid groups (broad SMARTS) is 1. The van der Waals surface area contributed by atoms with Gasteiger partial charge in [0, 0.05) is 38.7 Å². The van der Waals surface area contributed by atoms with Crippen molar-refractivity contribution in [1.82, 2.24) is 10.2 Å². The number of benzene rings is 1. The lowest BCUT2D eigenvalue weighted by Crippen LogP contribution is -2.45. The van der Waals surface area contributed by atoms with Crippen LogP contribution in [0.2, 0.25) is 0 Å². The van der Waals surface area contributed by atoms with Crippen LogP contribution in [0.5, 0.6) is 5.75 Å². The number of ether oxygens (including phenoxy) is 1. The van der Waals surface area contributed by atoms with Crippen molar-refractivity contribution in [3.63, 3.8) is 0 Å². The molecule has 1 unspecified atom stereocenters. The number of aliphatic carboxylic acids is 1. The number of nitro benzene ring substituents is 1. The minimum Gasteiger partial charge on any atom is -0.492 e. The number of nitrogens with one attached hydrogen (secondary N) is 1. The third-order valence-corrected chi connectivity index (χ3v) is 3.37. The zero-order valence-corrected chi connectivity index (χ0v) is 13.6. The first kappa shape index (κ1) is 19.4. The molecule has 0 saturated heterocycles. The largest absolute Gasteiger partial charge is 0.492 e. The molecule has 1 aromatic carbocycles. The summed E-state index contributed by atoms with van der Waals surface area (Å²) in [6, 6.07) is 4.92. The SMILES string of the molecule is CC(=O)NCCN(CCOc1ccc([N+](=O)[O-])cc1)C(C)C(=O)O. The Hall–Kier alpha value is -2.68. The number of hydrogen-bond acceptors (Lipinski definition) is 6. The quantitative estimate of drug-likeness (QED) is 0.479. The summed E-state index contributed by atoms with van der Waals surface area (Å²) in [6.45, 7) is 4.21. The standard InChI is InChI=1S/C15H21N3O6/c1-11(15(20)21)17(8-7-16-12(2)19)9-10-24-14-5-3-13(4-6-14)18(22)23/h3-6,11H,7-10H2,1-2H3,(H,16,19)(H,20,21). The molecule has 0 aliphatic heterocycles. The summed E-state index contributed by atoms with van der Waals surface area (Å²) < 4.78 is 5.48. The number of amides is 1.